The monoisotopic (exact) mass is 209 g/mol. The van der Waals surface area contributed by atoms with E-state index in [1.54, 1.807) is 6.07 Å². The molecule has 0 aromatic heterocycles. The molecule has 1 aromatic carbocycles. The molecule has 1 aromatic rings. The zero-order valence-corrected chi connectivity index (χ0v) is 7.66. The number of carbonyl (C=O) groups is 2. The summed E-state index contributed by atoms with van der Waals surface area (Å²) in [4.78, 5) is 21.9. The molecule has 1 atom stereocenters. The number of benzene rings is 1. The standard InChI is InChI=1S/C10H8FNO3/c11-7-3-1-2-5-6(4-8(13)14)10(15)12-9(5)7/h1-3,6H,4H2,(H,12,15)(H,13,14). The van der Waals surface area contributed by atoms with E-state index in [0.717, 1.165) is 0 Å². The second kappa shape index (κ2) is 3.34. The Balaban J connectivity index is 2.41. The molecule has 0 fully saturated rings. The van der Waals surface area contributed by atoms with Crippen molar-refractivity contribution in [3.63, 3.8) is 0 Å². The number of carboxylic acid groups (broad SMARTS) is 1. The Kier molecular flexibility index (Phi) is 2.15. The number of aliphatic carboxylic acids is 1. The van der Waals surface area contributed by atoms with Crippen molar-refractivity contribution in [3.05, 3.63) is 29.6 Å². The average Bonchev–Trinajstić information content (AvgIpc) is 2.45. The van der Waals surface area contributed by atoms with Gasteiger partial charge >= 0.3 is 5.97 Å². The molecule has 1 amide bonds. The number of nitrogens with one attached hydrogen (secondary N) is 1. The van der Waals surface area contributed by atoms with Crippen LogP contribution in [0.25, 0.3) is 0 Å². The van der Waals surface area contributed by atoms with Gasteiger partial charge in [0, 0.05) is 0 Å². The first-order chi connectivity index (χ1) is 7.09. The molecule has 0 bridgehead atoms. The van der Waals surface area contributed by atoms with E-state index in [4.69, 9.17) is 5.11 Å². The van der Waals surface area contributed by atoms with Gasteiger partial charge in [0.2, 0.25) is 5.91 Å². The Bertz CT molecular complexity index is 444. The Morgan fingerprint density at radius 3 is 2.93 bits per heavy atom. The van der Waals surface area contributed by atoms with E-state index in [0.29, 0.717) is 5.56 Å². The summed E-state index contributed by atoms with van der Waals surface area (Å²) < 4.78 is 13.2. The number of halogens is 1. The lowest BCUT2D eigenvalue weighted by molar-refractivity contribution is -0.138. The van der Waals surface area contributed by atoms with Crippen LogP contribution < -0.4 is 5.32 Å². The molecule has 15 heavy (non-hydrogen) atoms. The Morgan fingerprint density at radius 1 is 1.53 bits per heavy atom. The van der Waals surface area contributed by atoms with E-state index in [1.807, 2.05) is 0 Å². The molecule has 0 radical (unpaired) electrons. The highest BCUT2D eigenvalue weighted by Gasteiger charge is 2.33. The van der Waals surface area contributed by atoms with Crippen LogP contribution in [-0.2, 0) is 9.59 Å². The molecule has 4 nitrogen and oxygen atoms in total. The van der Waals surface area contributed by atoms with Crippen molar-refractivity contribution < 1.29 is 19.1 Å². The summed E-state index contributed by atoms with van der Waals surface area (Å²) in [5.41, 5.74) is 0.524. The number of carboxylic acids is 1. The zero-order valence-electron chi connectivity index (χ0n) is 7.66. The Labute approximate surface area is 84.7 Å². The van der Waals surface area contributed by atoms with Crippen molar-refractivity contribution in [2.45, 2.75) is 12.3 Å². The SMILES string of the molecule is O=C(O)CC1C(=O)Nc2c(F)cccc21. The first kappa shape index (κ1) is 9.64. The number of hydrogen-bond donors (Lipinski definition) is 2. The smallest absolute Gasteiger partial charge is 0.304 e. The van der Waals surface area contributed by atoms with E-state index in [9.17, 15) is 14.0 Å². The second-order valence-electron chi connectivity index (χ2n) is 3.34. The third kappa shape index (κ3) is 1.56. The van der Waals surface area contributed by atoms with Crippen LogP contribution in [0, 0.1) is 5.82 Å². The molecule has 1 aliphatic rings. The maximum absolute atomic E-state index is 13.2. The highest BCUT2D eigenvalue weighted by atomic mass is 19.1. The quantitative estimate of drug-likeness (QED) is 0.772. The molecule has 5 heteroatoms. The van der Waals surface area contributed by atoms with E-state index in [1.165, 1.54) is 12.1 Å². The fourth-order valence-corrected chi connectivity index (χ4v) is 1.69. The zero-order chi connectivity index (χ0) is 11.0. The van der Waals surface area contributed by atoms with Crippen LogP contribution in [0.5, 0.6) is 0 Å². The van der Waals surface area contributed by atoms with Gasteiger partial charge in [0.15, 0.2) is 0 Å². The van der Waals surface area contributed by atoms with Gasteiger partial charge in [-0.2, -0.15) is 0 Å². The molecule has 0 saturated heterocycles. The van der Waals surface area contributed by atoms with Crippen molar-refractivity contribution in [1.82, 2.24) is 0 Å². The number of para-hydroxylation sites is 1. The van der Waals surface area contributed by atoms with Crippen molar-refractivity contribution >= 4 is 17.6 Å². The van der Waals surface area contributed by atoms with Gasteiger partial charge in [0.1, 0.15) is 5.82 Å². The molecule has 2 rings (SSSR count). The van der Waals surface area contributed by atoms with Crippen LogP contribution >= 0.6 is 0 Å². The summed E-state index contributed by atoms with van der Waals surface area (Å²) in [6.45, 7) is 0. The minimum Gasteiger partial charge on any atom is -0.481 e. The van der Waals surface area contributed by atoms with Gasteiger partial charge in [-0.05, 0) is 11.6 Å². The Hall–Kier alpha value is -1.91. The molecule has 1 aliphatic heterocycles. The van der Waals surface area contributed by atoms with E-state index < -0.39 is 23.6 Å². The molecule has 1 unspecified atom stereocenters. The topological polar surface area (TPSA) is 66.4 Å². The predicted octanol–water partition coefficient (Wildman–Crippen LogP) is 1.34. The summed E-state index contributed by atoms with van der Waals surface area (Å²) in [5, 5.41) is 11.0. The first-order valence-electron chi connectivity index (χ1n) is 4.40. The summed E-state index contributed by atoms with van der Waals surface area (Å²) in [5.74, 6) is -2.85. The van der Waals surface area contributed by atoms with Gasteiger partial charge in [-0.25, -0.2) is 4.39 Å². The largest absolute Gasteiger partial charge is 0.481 e. The van der Waals surface area contributed by atoms with E-state index >= 15 is 0 Å². The number of fused-ring (bicyclic) bond motifs is 1. The molecule has 0 aliphatic carbocycles. The molecule has 2 N–H and O–H groups in total. The van der Waals surface area contributed by atoms with Crippen LogP contribution in [0.15, 0.2) is 18.2 Å². The fraction of sp³-hybridized carbons (Fsp3) is 0.200. The highest BCUT2D eigenvalue weighted by molar-refractivity contribution is 6.04. The average molecular weight is 209 g/mol. The number of anilines is 1. The minimum absolute atomic E-state index is 0.105. The van der Waals surface area contributed by atoms with Crippen LogP contribution in [0.1, 0.15) is 17.9 Å². The van der Waals surface area contributed by atoms with E-state index in [-0.39, 0.29) is 12.1 Å². The van der Waals surface area contributed by atoms with Gasteiger partial charge in [-0.1, -0.05) is 12.1 Å². The molecular weight excluding hydrogens is 201 g/mol. The van der Waals surface area contributed by atoms with Gasteiger partial charge in [-0.3, -0.25) is 9.59 Å². The number of hydrogen-bond acceptors (Lipinski definition) is 2. The third-order valence-electron chi connectivity index (χ3n) is 2.36. The number of amides is 1. The lowest BCUT2D eigenvalue weighted by Crippen LogP contribution is -2.15. The van der Waals surface area contributed by atoms with Crippen LogP contribution in [0.2, 0.25) is 0 Å². The third-order valence-corrected chi connectivity index (χ3v) is 2.36. The van der Waals surface area contributed by atoms with Crippen LogP contribution in [0.3, 0.4) is 0 Å². The molecule has 0 spiro atoms. The lowest BCUT2D eigenvalue weighted by atomic mass is 9.97. The van der Waals surface area contributed by atoms with Crippen molar-refractivity contribution in [2.24, 2.45) is 0 Å². The lowest BCUT2D eigenvalue weighted by Gasteiger charge is -2.04. The predicted molar refractivity (Wildman–Crippen MR) is 50.0 cm³/mol. The summed E-state index contributed by atoms with van der Waals surface area (Å²) in [6, 6.07) is 4.25. The number of carbonyl (C=O) groups excluding carboxylic acids is 1. The van der Waals surface area contributed by atoms with Gasteiger partial charge in [-0.15, -0.1) is 0 Å². The van der Waals surface area contributed by atoms with Gasteiger partial charge < -0.3 is 10.4 Å². The van der Waals surface area contributed by atoms with Crippen molar-refractivity contribution in [3.8, 4) is 0 Å². The minimum atomic E-state index is -1.08. The number of rotatable bonds is 2. The van der Waals surface area contributed by atoms with E-state index in [2.05, 4.69) is 5.32 Å². The summed E-state index contributed by atoms with van der Waals surface area (Å²) >= 11 is 0. The Morgan fingerprint density at radius 2 is 2.27 bits per heavy atom. The van der Waals surface area contributed by atoms with Gasteiger partial charge in [0.05, 0.1) is 18.0 Å². The van der Waals surface area contributed by atoms with Crippen LogP contribution in [-0.4, -0.2) is 17.0 Å². The fourth-order valence-electron chi connectivity index (χ4n) is 1.69. The summed E-state index contributed by atoms with van der Waals surface area (Å²) in [7, 11) is 0. The molecule has 1 heterocycles. The first-order valence-corrected chi connectivity index (χ1v) is 4.40. The molecule has 78 valence electrons. The normalized spacial score (nSPS) is 18.5. The van der Waals surface area contributed by atoms with Crippen molar-refractivity contribution in [1.29, 1.82) is 0 Å². The maximum atomic E-state index is 13.2. The highest BCUT2D eigenvalue weighted by Crippen LogP contribution is 2.36. The van der Waals surface area contributed by atoms with Gasteiger partial charge in [0.25, 0.3) is 0 Å². The maximum Gasteiger partial charge on any atom is 0.304 e. The summed E-state index contributed by atoms with van der Waals surface area (Å²) in [6.07, 6.45) is -0.317. The molecule has 0 saturated carbocycles. The van der Waals surface area contributed by atoms with Crippen LogP contribution in [0.4, 0.5) is 10.1 Å². The van der Waals surface area contributed by atoms with Crippen molar-refractivity contribution in [2.75, 3.05) is 5.32 Å². The second-order valence-corrected chi connectivity index (χ2v) is 3.34. The molecular formula is C10H8FNO3.